The van der Waals surface area contributed by atoms with E-state index in [1.54, 1.807) is 13.0 Å². The van der Waals surface area contributed by atoms with Gasteiger partial charge in [0.2, 0.25) is 11.7 Å². The van der Waals surface area contributed by atoms with Gasteiger partial charge in [-0.15, -0.1) is 5.10 Å². The molecule has 14 nitrogen and oxygen atoms in total. The fourth-order valence-electron chi connectivity index (χ4n) is 6.25. The maximum atomic E-state index is 15.7. The second kappa shape index (κ2) is 13.9. The Morgan fingerprint density at radius 1 is 1.12 bits per heavy atom. The van der Waals surface area contributed by atoms with E-state index in [1.807, 2.05) is 0 Å². The number of nitrogens with one attached hydrogen (secondary N) is 1. The van der Waals surface area contributed by atoms with Crippen molar-refractivity contribution in [3.05, 3.63) is 75.0 Å². The first-order valence-electron chi connectivity index (χ1n) is 16.3. The molecule has 276 valence electrons. The van der Waals surface area contributed by atoms with Gasteiger partial charge in [-0.25, -0.2) is 18.7 Å². The molecule has 1 aromatic carbocycles. The molecule has 0 saturated carbocycles. The van der Waals surface area contributed by atoms with Crippen LogP contribution in [-0.4, -0.2) is 96.3 Å². The molecule has 52 heavy (non-hydrogen) atoms. The number of amides is 2. The summed E-state index contributed by atoms with van der Waals surface area (Å²) in [4.78, 5) is 55.2. The molecule has 3 aromatic heterocycles. The summed E-state index contributed by atoms with van der Waals surface area (Å²) in [5.41, 5.74) is -1.12. The van der Waals surface area contributed by atoms with Crippen molar-refractivity contribution >= 4 is 34.5 Å². The number of anilines is 2. The fourth-order valence-corrected chi connectivity index (χ4v) is 6.25. The Bertz CT molecular complexity index is 2150. The summed E-state index contributed by atoms with van der Waals surface area (Å²) in [5.74, 6) is -5.62. The summed E-state index contributed by atoms with van der Waals surface area (Å²) in [7, 11) is 0. The Labute approximate surface area is 292 Å². The lowest BCUT2D eigenvalue weighted by Crippen LogP contribution is -2.43. The van der Waals surface area contributed by atoms with E-state index < -0.39 is 66.1 Å². The first-order valence-corrected chi connectivity index (χ1v) is 16.3. The number of carbonyl (C=O) groups is 2. The van der Waals surface area contributed by atoms with Crippen molar-refractivity contribution < 1.29 is 41.4 Å². The molecule has 0 atom stereocenters. The number of ether oxygens (including phenoxy) is 1. The van der Waals surface area contributed by atoms with Gasteiger partial charge in [0.25, 0.3) is 17.4 Å². The van der Waals surface area contributed by atoms with E-state index in [0.29, 0.717) is 18.6 Å². The average molecular weight is 732 g/mol. The van der Waals surface area contributed by atoms with Crippen LogP contribution in [0.4, 0.5) is 33.3 Å². The van der Waals surface area contributed by atoms with Crippen LogP contribution in [0.2, 0.25) is 0 Å². The monoisotopic (exact) mass is 731 g/mol. The predicted molar refractivity (Wildman–Crippen MR) is 176 cm³/mol. The highest BCUT2D eigenvalue weighted by Crippen LogP contribution is 2.32. The number of aryl methyl sites for hydroxylation is 2. The first kappa shape index (κ1) is 36.3. The third-order valence-electron chi connectivity index (χ3n) is 8.84. The Hall–Kier alpha value is -5.46. The van der Waals surface area contributed by atoms with Crippen molar-refractivity contribution in [2.24, 2.45) is 0 Å². The molecular formula is C33H34F5N9O5. The van der Waals surface area contributed by atoms with Crippen LogP contribution in [0.1, 0.15) is 52.2 Å². The summed E-state index contributed by atoms with van der Waals surface area (Å²) in [6, 6.07) is 2.86. The van der Waals surface area contributed by atoms with E-state index in [1.165, 1.54) is 18.4 Å². The van der Waals surface area contributed by atoms with E-state index in [4.69, 9.17) is 4.74 Å². The molecule has 2 N–H and O–H groups in total. The summed E-state index contributed by atoms with van der Waals surface area (Å²) in [5, 5.41) is 17.4. The zero-order chi connectivity index (χ0) is 37.5. The summed E-state index contributed by atoms with van der Waals surface area (Å²) >= 11 is 0. The van der Waals surface area contributed by atoms with Crippen molar-refractivity contribution in [3.63, 3.8) is 0 Å². The standard InChI is InChI=1S/C33H34F5N9O5/c1-4-23-26(44-9-10-45(16-32(34,35)15-44)29(50)25-27(49)19(3)39-17-40-25)30(51)47-31(42-28(43-47)20-7-11-52-12-8-20)46(23)14-24(48)41-22-6-5-21(13-18(22)2)33(36,37)38/h5-7,13,17,49H,4,8-12,14-16H2,1-3H3,(H,41,48). The highest BCUT2D eigenvalue weighted by molar-refractivity contribution is 5.95. The molecule has 0 spiro atoms. The maximum Gasteiger partial charge on any atom is 0.416 e. The minimum Gasteiger partial charge on any atom is -0.504 e. The topological polar surface area (TPSA) is 160 Å². The highest BCUT2D eigenvalue weighted by atomic mass is 19.4. The van der Waals surface area contributed by atoms with Crippen LogP contribution in [0.5, 0.6) is 5.75 Å². The van der Waals surface area contributed by atoms with E-state index >= 15 is 8.78 Å². The molecule has 6 rings (SSSR count). The SMILES string of the molecule is CCc1c(N2CCN(C(=O)c3ncnc(C)c3O)CC(F)(F)C2)c(=O)n2nc(C3=CCOCC3)nc2n1CC(=O)Nc1ccc(C(F)(F)F)cc1C. The molecule has 0 unspecified atom stereocenters. The highest BCUT2D eigenvalue weighted by Gasteiger charge is 2.41. The minimum absolute atomic E-state index is 0.0553. The number of nitrogens with zero attached hydrogens (tertiary/aromatic N) is 8. The molecule has 2 aliphatic heterocycles. The average Bonchev–Trinajstić information content (AvgIpc) is 3.48. The minimum atomic E-state index is -4.59. The molecule has 4 aromatic rings. The molecular weight excluding hydrogens is 697 g/mol. The smallest absolute Gasteiger partial charge is 0.416 e. The van der Waals surface area contributed by atoms with Crippen LogP contribution in [0.15, 0.2) is 35.4 Å². The van der Waals surface area contributed by atoms with Crippen molar-refractivity contribution in [1.82, 2.24) is 34.0 Å². The Morgan fingerprint density at radius 3 is 2.56 bits per heavy atom. The maximum absolute atomic E-state index is 15.7. The quantitative estimate of drug-likeness (QED) is 0.269. The van der Waals surface area contributed by atoms with Crippen LogP contribution >= 0.6 is 0 Å². The third-order valence-corrected chi connectivity index (χ3v) is 8.84. The molecule has 1 fully saturated rings. The van der Waals surface area contributed by atoms with Gasteiger partial charge in [0.1, 0.15) is 18.6 Å². The molecule has 0 bridgehead atoms. The van der Waals surface area contributed by atoms with Gasteiger partial charge in [-0.3, -0.25) is 14.4 Å². The number of aromatic nitrogens is 6. The van der Waals surface area contributed by atoms with Crippen LogP contribution < -0.4 is 15.8 Å². The lowest BCUT2D eigenvalue weighted by atomic mass is 10.1. The zero-order valence-electron chi connectivity index (χ0n) is 28.3. The molecule has 1 saturated heterocycles. The van der Waals surface area contributed by atoms with E-state index in [0.717, 1.165) is 38.8 Å². The first-order chi connectivity index (χ1) is 24.6. The van der Waals surface area contributed by atoms with E-state index in [2.05, 4.69) is 25.4 Å². The van der Waals surface area contributed by atoms with E-state index in [-0.39, 0.29) is 66.0 Å². The van der Waals surface area contributed by atoms with Crippen molar-refractivity contribution in [1.29, 1.82) is 0 Å². The summed E-state index contributed by atoms with van der Waals surface area (Å²) < 4.78 is 78.8. The molecule has 2 amide bonds. The number of fused-ring (bicyclic) bond motifs is 1. The van der Waals surface area contributed by atoms with E-state index in [9.17, 15) is 32.7 Å². The molecule has 19 heteroatoms. The number of alkyl halides is 5. The summed E-state index contributed by atoms with van der Waals surface area (Å²) in [6.07, 6.45) is -1.32. The molecule has 5 heterocycles. The number of aromatic hydroxyl groups is 1. The second-order valence-corrected chi connectivity index (χ2v) is 12.5. The predicted octanol–water partition coefficient (Wildman–Crippen LogP) is 3.62. The van der Waals surface area contributed by atoms with Gasteiger partial charge in [0.05, 0.1) is 43.3 Å². The molecule has 0 radical (unpaired) electrons. The van der Waals surface area contributed by atoms with Crippen LogP contribution in [0.3, 0.4) is 0 Å². The van der Waals surface area contributed by atoms with Crippen LogP contribution in [0.25, 0.3) is 11.4 Å². The Kier molecular flexibility index (Phi) is 9.73. The van der Waals surface area contributed by atoms with Gasteiger partial charge in [-0.05, 0) is 56.0 Å². The van der Waals surface area contributed by atoms with Gasteiger partial charge in [0, 0.05) is 18.8 Å². The number of halogens is 5. The van der Waals surface area contributed by atoms with Gasteiger partial charge in [0.15, 0.2) is 17.3 Å². The van der Waals surface area contributed by atoms with Crippen LogP contribution in [0, 0.1) is 13.8 Å². The molecule has 2 aliphatic rings. The Morgan fingerprint density at radius 2 is 1.88 bits per heavy atom. The third kappa shape index (κ3) is 7.17. The lowest BCUT2D eigenvalue weighted by molar-refractivity contribution is -0.137. The molecule has 0 aliphatic carbocycles. The largest absolute Gasteiger partial charge is 0.504 e. The van der Waals surface area contributed by atoms with Gasteiger partial charge < -0.3 is 29.5 Å². The summed E-state index contributed by atoms with van der Waals surface area (Å²) in [6.45, 7) is 2.07. The second-order valence-electron chi connectivity index (χ2n) is 12.5. The zero-order valence-corrected chi connectivity index (χ0v) is 28.3. The van der Waals surface area contributed by atoms with Crippen LogP contribution in [-0.2, 0) is 28.7 Å². The van der Waals surface area contributed by atoms with Crippen molar-refractivity contribution in [2.75, 3.05) is 49.6 Å². The van der Waals surface area contributed by atoms with Gasteiger partial charge in [-0.1, -0.05) is 13.0 Å². The number of rotatable bonds is 7. The number of hydrogen-bond acceptors (Lipinski definition) is 10. The number of carbonyl (C=O) groups excluding carboxylic acids is 2. The lowest BCUT2D eigenvalue weighted by Gasteiger charge is -2.28. The number of hydrogen-bond donors (Lipinski definition) is 2. The van der Waals surface area contributed by atoms with Gasteiger partial charge >= 0.3 is 6.18 Å². The Balaban J connectivity index is 1.41. The van der Waals surface area contributed by atoms with Gasteiger partial charge in [-0.2, -0.15) is 22.7 Å². The normalized spacial score (nSPS) is 16.5. The fraction of sp³-hybridized carbons (Fsp3) is 0.424. The number of benzene rings is 1. The van der Waals surface area contributed by atoms with Crippen molar-refractivity contribution in [3.8, 4) is 5.75 Å². The van der Waals surface area contributed by atoms with Crippen molar-refractivity contribution in [2.45, 2.75) is 52.3 Å².